The van der Waals surface area contributed by atoms with Crippen LogP contribution in [0.4, 0.5) is 16.3 Å². The van der Waals surface area contributed by atoms with Crippen molar-refractivity contribution < 1.29 is 9.53 Å². The summed E-state index contributed by atoms with van der Waals surface area (Å²) in [5.41, 5.74) is 2.26. The highest BCUT2D eigenvalue weighted by Crippen LogP contribution is 2.17. The summed E-state index contributed by atoms with van der Waals surface area (Å²) in [6.45, 7) is 5.90. The summed E-state index contributed by atoms with van der Waals surface area (Å²) in [5, 5.41) is 2.59. The lowest BCUT2D eigenvalue weighted by Gasteiger charge is -2.23. The van der Waals surface area contributed by atoms with E-state index in [-0.39, 0.29) is 0 Å². The van der Waals surface area contributed by atoms with E-state index in [0.29, 0.717) is 12.4 Å². The molecule has 0 spiro atoms. The molecule has 1 amide bonds. The number of nitrogens with one attached hydrogen (secondary N) is 1. The molecule has 1 aromatic carbocycles. The number of benzene rings is 1. The highest BCUT2D eigenvalue weighted by Gasteiger charge is 2.07. The van der Waals surface area contributed by atoms with Gasteiger partial charge in [0.1, 0.15) is 5.82 Å². The van der Waals surface area contributed by atoms with E-state index in [0.717, 1.165) is 18.8 Å². The van der Waals surface area contributed by atoms with Gasteiger partial charge in [0.15, 0.2) is 0 Å². The molecular formula is C17H21N3O2. The second kappa shape index (κ2) is 8.02. The lowest BCUT2D eigenvalue weighted by molar-refractivity contribution is 0.168. The summed E-state index contributed by atoms with van der Waals surface area (Å²) >= 11 is 0. The molecule has 22 heavy (non-hydrogen) atoms. The van der Waals surface area contributed by atoms with Crippen LogP contribution in [0.15, 0.2) is 48.7 Å². The van der Waals surface area contributed by atoms with Gasteiger partial charge in [-0.3, -0.25) is 5.32 Å². The summed E-state index contributed by atoms with van der Waals surface area (Å²) in [4.78, 5) is 17.8. The number of amides is 1. The minimum atomic E-state index is -0.487. The number of carbonyl (C=O) groups is 1. The molecule has 0 radical (unpaired) electrons. The monoisotopic (exact) mass is 299 g/mol. The first-order valence-corrected chi connectivity index (χ1v) is 7.41. The molecule has 1 N–H and O–H groups in total. The molecule has 0 unspecified atom stereocenters. The standard InChI is InChI=1S/C17H21N3O2/c1-3-20(13-14-8-6-5-7-9-14)15-10-11-16(18-12-15)19-17(21)22-4-2/h5-12H,3-4,13H2,1-2H3,(H,18,19,21). The van der Waals surface area contributed by atoms with Crippen molar-refractivity contribution in [3.8, 4) is 0 Å². The molecule has 0 aliphatic carbocycles. The topological polar surface area (TPSA) is 54.5 Å². The zero-order chi connectivity index (χ0) is 15.8. The summed E-state index contributed by atoms with van der Waals surface area (Å²) in [7, 11) is 0. The van der Waals surface area contributed by atoms with E-state index in [4.69, 9.17) is 4.74 Å². The maximum Gasteiger partial charge on any atom is 0.412 e. The van der Waals surface area contributed by atoms with Crippen molar-refractivity contribution in [1.82, 2.24) is 4.98 Å². The van der Waals surface area contributed by atoms with Crippen LogP contribution in [0.3, 0.4) is 0 Å². The van der Waals surface area contributed by atoms with Gasteiger partial charge in [0.25, 0.3) is 0 Å². The highest BCUT2D eigenvalue weighted by molar-refractivity contribution is 5.83. The smallest absolute Gasteiger partial charge is 0.412 e. The Balaban J connectivity index is 2.02. The fraction of sp³-hybridized carbons (Fsp3) is 0.294. The van der Waals surface area contributed by atoms with Crippen molar-refractivity contribution in [2.75, 3.05) is 23.4 Å². The van der Waals surface area contributed by atoms with E-state index < -0.39 is 6.09 Å². The van der Waals surface area contributed by atoms with Gasteiger partial charge in [0.2, 0.25) is 0 Å². The van der Waals surface area contributed by atoms with E-state index in [2.05, 4.69) is 34.3 Å². The van der Waals surface area contributed by atoms with Crippen LogP contribution in [0.5, 0.6) is 0 Å². The number of aromatic nitrogens is 1. The van der Waals surface area contributed by atoms with Crippen LogP contribution in [0.1, 0.15) is 19.4 Å². The van der Waals surface area contributed by atoms with Gasteiger partial charge in [-0.1, -0.05) is 30.3 Å². The van der Waals surface area contributed by atoms with Gasteiger partial charge < -0.3 is 9.64 Å². The Morgan fingerprint density at radius 1 is 1.18 bits per heavy atom. The lowest BCUT2D eigenvalue weighted by Crippen LogP contribution is -2.22. The third kappa shape index (κ3) is 4.48. The molecule has 5 nitrogen and oxygen atoms in total. The average molecular weight is 299 g/mol. The second-order valence-electron chi connectivity index (χ2n) is 4.75. The molecule has 5 heteroatoms. The van der Waals surface area contributed by atoms with Gasteiger partial charge in [-0.25, -0.2) is 9.78 Å². The molecule has 1 heterocycles. The van der Waals surface area contributed by atoms with Gasteiger partial charge in [-0.05, 0) is 31.5 Å². The SMILES string of the molecule is CCOC(=O)Nc1ccc(N(CC)Cc2ccccc2)cn1. The summed E-state index contributed by atoms with van der Waals surface area (Å²) in [6.07, 6.45) is 1.27. The Kier molecular flexibility index (Phi) is 5.77. The van der Waals surface area contributed by atoms with Crippen LogP contribution in [0.2, 0.25) is 0 Å². The number of rotatable bonds is 6. The summed E-state index contributed by atoms with van der Waals surface area (Å²) in [5.74, 6) is 0.484. The zero-order valence-electron chi connectivity index (χ0n) is 13.0. The Bertz CT molecular complexity index is 585. The van der Waals surface area contributed by atoms with Crippen LogP contribution >= 0.6 is 0 Å². The lowest BCUT2D eigenvalue weighted by atomic mass is 10.2. The Labute approximate surface area is 130 Å². The second-order valence-corrected chi connectivity index (χ2v) is 4.75. The molecule has 2 rings (SSSR count). The molecule has 0 fully saturated rings. The maximum atomic E-state index is 11.3. The molecule has 0 saturated heterocycles. The molecule has 1 aromatic heterocycles. The van der Waals surface area contributed by atoms with Gasteiger partial charge >= 0.3 is 6.09 Å². The number of hydrogen-bond donors (Lipinski definition) is 1. The minimum Gasteiger partial charge on any atom is -0.450 e. The van der Waals surface area contributed by atoms with Gasteiger partial charge in [-0.15, -0.1) is 0 Å². The van der Waals surface area contributed by atoms with Crippen LogP contribution in [0.25, 0.3) is 0 Å². The van der Waals surface area contributed by atoms with Crippen molar-refractivity contribution in [3.63, 3.8) is 0 Å². The molecule has 0 atom stereocenters. The molecule has 116 valence electrons. The summed E-state index contributed by atoms with van der Waals surface area (Å²) in [6, 6.07) is 14.0. The number of hydrogen-bond acceptors (Lipinski definition) is 4. The van der Waals surface area contributed by atoms with E-state index in [1.54, 1.807) is 19.2 Å². The number of pyridine rings is 1. The van der Waals surface area contributed by atoms with Crippen LogP contribution in [-0.4, -0.2) is 24.2 Å². The van der Waals surface area contributed by atoms with Crippen LogP contribution in [0, 0.1) is 0 Å². The fourth-order valence-corrected chi connectivity index (χ4v) is 2.11. The third-order valence-electron chi connectivity index (χ3n) is 3.22. The normalized spacial score (nSPS) is 10.1. The van der Waals surface area contributed by atoms with Crippen molar-refractivity contribution in [2.24, 2.45) is 0 Å². The summed E-state index contributed by atoms with van der Waals surface area (Å²) < 4.78 is 4.82. The first-order valence-electron chi connectivity index (χ1n) is 7.41. The maximum absolute atomic E-state index is 11.3. The number of anilines is 2. The van der Waals surface area contributed by atoms with Crippen molar-refractivity contribution in [1.29, 1.82) is 0 Å². The molecule has 2 aromatic rings. The number of nitrogens with zero attached hydrogens (tertiary/aromatic N) is 2. The first kappa shape index (κ1) is 15.8. The highest BCUT2D eigenvalue weighted by atomic mass is 16.5. The number of ether oxygens (including phenoxy) is 1. The molecule has 0 aliphatic rings. The molecule has 0 bridgehead atoms. The largest absolute Gasteiger partial charge is 0.450 e. The van der Waals surface area contributed by atoms with Gasteiger partial charge in [0.05, 0.1) is 18.5 Å². The van der Waals surface area contributed by atoms with Crippen molar-refractivity contribution in [2.45, 2.75) is 20.4 Å². The Morgan fingerprint density at radius 2 is 1.95 bits per heavy atom. The van der Waals surface area contributed by atoms with Crippen LogP contribution < -0.4 is 10.2 Å². The molecule has 0 saturated carbocycles. The predicted octanol–water partition coefficient (Wildman–Crippen LogP) is 3.68. The number of carbonyl (C=O) groups excluding carboxylic acids is 1. The molecule has 0 aliphatic heterocycles. The van der Waals surface area contributed by atoms with Gasteiger partial charge in [0, 0.05) is 13.1 Å². The minimum absolute atomic E-state index is 0.338. The quantitative estimate of drug-likeness (QED) is 0.884. The average Bonchev–Trinajstić information content (AvgIpc) is 2.55. The zero-order valence-corrected chi connectivity index (χ0v) is 13.0. The fourth-order valence-electron chi connectivity index (χ4n) is 2.11. The third-order valence-corrected chi connectivity index (χ3v) is 3.22. The Hall–Kier alpha value is -2.56. The van der Waals surface area contributed by atoms with Crippen LogP contribution in [-0.2, 0) is 11.3 Å². The Morgan fingerprint density at radius 3 is 2.55 bits per heavy atom. The van der Waals surface area contributed by atoms with E-state index >= 15 is 0 Å². The van der Waals surface area contributed by atoms with Crippen molar-refractivity contribution in [3.05, 3.63) is 54.2 Å². The van der Waals surface area contributed by atoms with E-state index in [1.807, 2.05) is 24.3 Å². The van der Waals surface area contributed by atoms with Crippen molar-refractivity contribution >= 4 is 17.6 Å². The van der Waals surface area contributed by atoms with Gasteiger partial charge in [-0.2, -0.15) is 0 Å². The van der Waals surface area contributed by atoms with E-state index in [9.17, 15) is 4.79 Å². The molecular weight excluding hydrogens is 278 g/mol. The van der Waals surface area contributed by atoms with E-state index in [1.165, 1.54) is 5.56 Å². The first-order chi connectivity index (χ1) is 10.7. The predicted molar refractivity (Wildman–Crippen MR) is 88.0 cm³/mol.